The second kappa shape index (κ2) is 6.25. The monoisotopic (exact) mass is 339 g/mol. The zero-order chi connectivity index (χ0) is 15.7. The number of anilines is 1. The molecule has 22 heavy (non-hydrogen) atoms. The van der Waals surface area contributed by atoms with E-state index in [1.54, 1.807) is 0 Å². The second-order valence-corrected chi connectivity index (χ2v) is 7.41. The highest BCUT2D eigenvalue weighted by Crippen LogP contribution is 2.36. The van der Waals surface area contributed by atoms with E-state index in [2.05, 4.69) is 15.4 Å². The number of hydrogen-bond acceptors (Lipinski definition) is 8. The number of thioether (sulfide) groups is 1. The fourth-order valence-corrected chi connectivity index (χ4v) is 4.34. The first kappa shape index (κ1) is 15.3. The molecule has 0 aliphatic carbocycles. The van der Waals surface area contributed by atoms with Gasteiger partial charge in [0.1, 0.15) is 5.76 Å². The predicted molar refractivity (Wildman–Crippen MR) is 84.7 cm³/mol. The lowest BCUT2D eigenvalue weighted by Crippen LogP contribution is -2.32. The van der Waals surface area contributed by atoms with Gasteiger partial charge in [-0.2, -0.15) is 0 Å². The van der Waals surface area contributed by atoms with E-state index >= 15 is 0 Å². The molecular weight excluding hydrogens is 322 g/mol. The van der Waals surface area contributed by atoms with Crippen molar-refractivity contribution in [1.82, 2.24) is 20.3 Å². The third-order valence-electron chi connectivity index (χ3n) is 3.74. The third-order valence-corrected chi connectivity index (χ3v) is 5.61. The number of hydrogen-bond donors (Lipinski definition) is 1. The van der Waals surface area contributed by atoms with Gasteiger partial charge in [-0.1, -0.05) is 28.3 Å². The third kappa shape index (κ3) is 2.95. The molecule has 0 bridgehead atoms. The van der Waals surface area contributed by atoms with Crippen molar-refractivity contribution < 1.29 is 9.32 Å². The summed E-state index contributed by atoms with van der Waals surface area (Å²) in [6, 6.07) is 0.0684. The molecule has 0 aromatic carbocycles. The number of carbonyl (C=O) groups is 1. The van der Waals surface area contributed by atoms with Gasteiger partial charge in [0, 0.05) is 12.1 Å². The van der Waals surface area contributed by atoms with Crippen LogP contribution in [0.5, 0.6) is 0 Å². The van der Waals surface area contributed by atoms with Crippen molar-refractivity contribution in [3.05, 3.63) is 17.0 Å². The van der Waals surface area contributed by atoms with Crippen molar-refractivity contribution in [3.8, 4) is 0 Å². The minimum Gasteiger partial charge on any atom is -0.374 e. The van der Waals surface area contributed by atoms with Crippen molar-refractivity contribution in [2.45, 2.75) is 37.1 Å². The van der Waals surface area contributed by atoms with E-state index in [0.29, 0.717) is 10.9 Å². The molecule has 0 saturated carbocycles. The molecule has 0 radical (unpaired) electrons. The Kier molecular flexibility index (Phi) is 4.34. The van der Waals surface area contributed by atoms with Crippen LogP contribution in [0.15, 0.2) is 8.86 Å². The van der Waals surface area contributed by atoms with Gasteiger partial charge < -0.3 is 15.2 Å². The lowest BCUT2D eigenvalue weighted by atomic mass is 10.0. The van der Waals surface area contributed by atoms with Gasteiger partial charge in [0.15, 0.2) is 4.34 Å². The molecule has 1 amide bonds. The molecule has 1 atom stereocenters. The van der Waals surface area contributed by atoms with Crippen LogP contribution in [0.3, 0.4) is 0 Å². The summed E-state index contributed by atoms with van der Waals surface area (Å²) in [5.41, 5.74) is 7.46. The maximum atomic E-state index is 12.5. The van der Waals surface area contributed by atoms with E-state index in [9.17, 15) is 4.79 Å². The molecule has 3 rings (SSSR count). The Balaban J connectivity index is 1.69. The summed E-state index contributed by atoms with van der Waals surface area (Å²) < 4.78 is 5.97. The number of nitrogens with zero attached hydrogens (tertiary/aromatic N) is 4. The minimum absolute atomic E-state index is 0.0684. The van der Waals surface area contributed by atoms with E-state index in [0.717, 1.165) is 40.7 Å². The second-order valence-electron chi connectivity index (χ2n) is 5.18. The first-order valence-corrected chi connectivity index (χ1v) is 8.80. The molecule has 118 valence electrons. The summed E-state index contributed by atoms with van der Waals surface area (Å²) in [7, 11) is 0. The lowest BCUT2D eigenvalue weighted by molar-refractivity contribution is -0.129. The zero-order valence-corrected chi connectivity index (χ0v) is 14.0. The normalized spacial score (nSPS) is 18.1. The highest BCUT2D eigenvalue weighted by Gasteiger charge is 2.33. The molecule has 2 aromatic heterocycles. The zero-order valence-electron chi connectivity index (χ0n) is 12.4. The molecule has 1 fully saturated rings. The van der Waals surface area contributed by atoms with Crippen LogP contribution in [0.25, 0.3) is 0 Å². The van der Waals surface area contributed by atoms with Crippen molar-refractivity contribution in [2.75, 3.05) is 18.0 Å². The van der Waals surface area contributed by atoms with Crippen LogP contribution in [0.2, 0.25) is 0 Å². The molecule has 1 aliphatic heterocycles. The van der Waals surface area contributed by atoms with Gasteiger partial charge in [0.2, 0.25) is 11.0 Å². The molecule has 2 aromatic rings. The van der Waals surface area contributed by atoms with Crippen molar-refractivity contribution in [1.29, 1.82) is 0 Å². The molecule has 3 heterocycles. The molecule has 2 N–H and O–H groups in total. The van der Waals surface area contributed by atoms with Crippen LogP contribution < -0.4 is 5.73 Å². The van der Waals surface area contributed by atoms with Crippen molar-refractivity contribution in [2.24, 2.45) is 0 Å². The topological polar surface area (TPSA) is 98.1 Å². The van der Waals surface area contributed by atoms with E-state index in [1.807, 2.05) is 18.7 Å². The van der Waals surface area contributed by atoms with E-state index in [4.69, 9.17) is 10.3 Å². The molecule has 1 aliphatic rings. The number of nitrogen functional groups attached to an aromatic ring is 1. The summed E-state index contributed by atoms with van der Waals surface area (Å²) in [6.45, 7) is 4.59. The smallest absolute Gasteiger partial charge is 0.233 e. The maximum Gasteiger partial charge on any atom is 0.233 e. The van der Waals surface area contributed by atoms with Gasteiger partial charge in [0.25, 0.3) is 0 Å². The first-order valence-electron chi connectivity index (χ1n) is 7.00. The molecule has 1 saturated heterocycles. The Morgan fingerprint density at radius 2 is 2.32 bits per heavy atom. The average molecular weight is 339 g/mol. The molecule has 0 unspecified atom stereocenters. The molecule has 0 spiro atoms. The van der Waals surface area contributed by atoms with Gasteiger partial charge in [0.05, 0.1) is 17.5 Å². The van der Waals surface area contributed by atoms with Gasteiger partial charge in [-0.25, -0.2) is 0 Å². The van der Waals surface area contributed by atoms with Gasteiger partial charge in [-0.15, -0.1) is 10.2 Å². The van der Waals surface area contributed by atoms with Crippen LogP contribution in [0, 0.1) is 13.8 Å². The van der Waals surface area contributed by atoms with E-state index < -0.39 is 0 Å². The van der Waals surface area contributed by atoms with Crippen LogP contribution in [-0.4, -0.2) is 38.5 Å². The summed E-state index contributed by atoms with van der Waals surface area (Å²) in [5.74, 6) is 1.24. The number of carbonyl (C=O) groups excluding carboxylic acids is 1. The maximum absolute atomic E-state index is 12.5. The number of amides is 1. The van der Waals surface area contributed by atoms with Gasteiger partial charge in [-0.3, -0.25) is 4.79 Å². The van der Waals surface area contributed by atoms with Crippen LogP contribution in [-0.2, 0) is 4.79 Å². The fourth-order valence-electron chi connectivity index (χ4n) is 2.82. The Morgan fingerprint density at radius 1 is 1.50 bits per heavy atom. The molecular formula is C13H17N5O2S2. The minimum atomic E-state index is 0.0684. The van der Waals surface area contributed by atoms with E-state index in [1.165, 1.54) is 23.1 Å². The number of aromatic nitrogens is 3. The lowest BCUT2D eigenvalue weighted by Gasteiger charge is -2.24. The largest absolute Gasteiger partial charge is 0.374 e. The number of nitrogens with two attached hydrogens (primary N) is 1. The Morgan fingerprint density at radius 3 is 2.95 bits per heavy atom. The van der Waals surface area contributed by atoms with Gasteiger partial charge in [-0.05, 0) is 26.7 Å². The number of aryl methyl sites for hydroxylation is 2. The Hall–Kier alpha value is -1.61. The van der Waals surface area contributed by atoms with Crippen LogP contribution in [0.1, 0.15) is 35.9 Å². The average Bonchev–Trinajstić information content (AvgIpc) is 3.18. The number of likely N-dealkylation sites (tertiary alicyclic amines) is 1. The fraction of sp³-hybridized carbons (Fsp3) is 0.538. The first-order chi connectivity index (χ1) is 10.6. The summed E-state index contributed by atoms with van der Waals surface area (Å²) in [4.78, 5) is 14.5. The van der Waals surface area contributed by atoms with Crippen molar-refractivity contribution in [3.63, 3.8) is 0 Å². The molecule has 9 heteroatoms. The summed E-state index contributed by atoms with van der Waals surface area (Å²) in [6.07, 6.45) is 1.95. The standard InChI is InChI=1S/C13H17N5O2S2/c1-7-11(8(2)20-17-7)9-4-3-5-18(9)10(19)6-21-13-16-15-12(14)22-13/h9H,3-6H2,1-2H3,(H2,14,15)/t9-/m1/s1. The van der Waals surface area contributed by atoms with Crippen LogP contribution >= 0.6 is 23.1 Å². The highest BCUT2D eigenvalue weighted by molar-refractivity contribution is 8.01. The van der Waals surface area contributed by atoms with Gasteiger partial charge >= 0.3 is 0 Å². The molecule has 7 nitrogen and oxygen atoms in total. The van der Waals surface area contributed by atoms with Crippen LogP contribution in [0.4, 0.5) is 5.13 Å². The summed E-state index contributed by atoms with van der Waals surface area (Å²) >= 11 is 2.68. The predicted octanol–water partition coefficient (Wildman–Crippen LogP) is 2.18. The highest BCUT2D eigenvalue weighted by atomic mass is 32.2. The Bertz CT molecular complexity index is 664. The SMILES string of the molecule is Cc1noc(C)c1[C@H]1CCCN1C(=O)CSc1nnc(N)s1. The van der Waals surface area contributed by atoms with E-state index in [-0.39, 0.29) is 11.9 Å². The summed E-state index contributed by atoms with van der Waals surface area (Å²) in [5, 5.41) is 12.1. The van der Waals surface area contributed by atoms with Crippen molar-refractivity contribution >= 4 is 34.1 Å². The quantitative estimate of drug-likeness (QED) is 0.852. The number of rotatable bonds is 4. The Labute approximate surface area is 136 Å².